The summed E-state index contributed by atoms with van der Waals surface area (Å²) in [6, 6.07) is 17.6. The second kappa shape index (κ2) is 13.7. The fourth-order valence-electron chi connectivity index (χ4n) is 6.16. The van der Waals surface area contributed by atoms with E-state index in [1.54, 1.807) is 18.2 Å². The van der Waals surface area contributed by atoms with Crippen molar-refractivity contribution in [3.63, 3.8) is 0 Å². The lowest BCUT2D eigenvalue weighted by atomic mass is 9.88. The first kappa shape index (κ1) is 32.8. The Hall–Kier alpha value is -3.11. The lowest BCUT2D eigenvalue weighted by molar-refractivity contribution is -0.136. The van der Waals surface area contributed by atoms with E-state index < -0.39 is 27.9 Å². The molecular weight excluding hydrogens is 567 g/mol. The van der Waals surface area contributed by atoms with Gasteiger partial charge in [-0.2, -0.15) is 4.31 Å². The van der Waals surface area contributed by atoms with Gasteiger partial charge in [0, 0.05) is 32.1 Å². The molecule has 0 amide bonds. The van der Waals surface area contributed by atoms with Crippen molar-refractivity contribution in [2.75, 3.05) is 20.1 Å². The number of likely N-dealkylation sites (N-methyl/N-ethyl adjacent to an activating group) is 1. The van der Waals surface area contributed by atoms with Gasteiger partial charge >= 0.3 is 5.97 Å². The van der Waals surface area contributed by atoms with E-state index in [4.69, 9.17) is 5.11 Å². The highest BCUT2D eigenvalue weighted by molar-refractivity contribution is 7.89. The number of fused-ring (bicyclic) bond motifs is 1. The number of rotatable bonds is 14. The second-order valence-electron chi connectivity index (χ2n) is 12.3. The minimum atomic E-state index is -3.92. The Kier molecular flexibility index (Phi) is 10.4. The Balaban J connectivity index is 1.41. The Morgan fingerprint density at radius 1 is 1.07 bits per heavy atom. The highest BCUT2D eigenvalue weighted by Gasteiger charge is 2.30. The third-order valence-electron chi connectivity index (χ3n) is 8.34. The monoisotopic (exact) mass is 610 g/mol. The highest BCUT2D eigenvalue weighted by Crippen LogP contribution is 2.33. The van der Waals surface area contributed by atoms with Crippen LogP contribution in [0.2, 0.25) is 0 Å². The van der Waals surface area contributed by atoms with E-state index in [2.05, 4.69) is 43.4 Å². The molecule has 0 radical (unpaired) electrons. The van der Waals surface area contributed by atoms with E-state index in [0.717, 1.165) is 19.3 Å². The molecule has 3 N–H and O–H groups in total. The summed E-state index contributed by atoms with van der Waals surface area (Å²) in [6.07, 6.45) is 2.68. The zero-order chi connectivity index (χ0) is 31.4. The average Bonchev–Trinajstić information content (AvgIpc) is 3.36. The second-order valence-corrected chi connectivity index (χ2v) is 14.3. The van der Waals surface area contributed by atoms with Crippen LogP contribution >= 0.6 is 0 Å². The Morgan fingerprint density at radius 3 is 2.37 bits per heavy atom. The quantitative estimate of drug-likeness (QED) is 0.231. The summed E-state index contributed by atoms with van der Waals surface area (Å²) in [7, 11) is -2.46. The minimum Gasteiger partial charge on any atom is -0.481 e. The number of aryl methyl sites for hydroxylation is 2. The van der Waals surface area contributed by atoms with Crippen molar-refractivity contribution < 1.29 is 27.8 Å². The van der Waals surface area contributed by atoms with Crippen LogP contribution in [0.25, 0.3) is 11.1 Å². The molecule has 7 nitrogen and oxygen atoms in total. The minimum absolute atomic E-state index is 0.0750. The molecule has 0 fully saturated rings. The number of aliphatic hydroxyl groups excluding tert-OH is 1. The van der Waals surface area contributed by atoms with E-state index >= 15 is 0 Å². The third kappa shape index (κ3) is 8.29. The van der Waals surface area contributed by atoms with Gasteiger partial charge in [-0.3, -0.25) is 4.79 Å². The van der Waals surface area contributed by atoms with E-state index in [1.165, 1.54) is 40.7 Å². The van der Waals surface area contributed by atoms with Crippen molar-refractivity contribution in [2.45, 2.75) is 75.8 Å². The van der Waals surface area contributed by atoms with Crippen molar-refractivity contribution >= 4 is 16.0 Å². The van der Waals surface area contributed by atoms with Gasteiger partial charge in [-0.15, -0.1) is 0 Å². The molecule has 3 aromatic rings. The molecule has 43 heavy (non-hydrogen) atoms. The summed E-state index contributed by atoms with van der Waals surface area (Å²) in [5, 5.41) is 23.4. The van der Waals surface area contributed by atoms with Crippen LogP contribution in [-0.4, -0.2) is 60.7 Å². The summed E-state index contributed by atoms with van der Waals surface area (Å²) in [5.74, 6) is -0.881. The highest BCUT2D eigenvalue weighted by atomic mass is 32.2. The van der Waals surface area contributed by atoms with Crippen molar-refractivity contribution in [3.8, 4) is 11.1 Å². The van der Waals surface area contributed by atoms with Gasteiger partial charge in [0.05, 0.1) is 11.0 Å². The lowest BCUT2D eigenvalue weighted by Crippen LogP contribution is -2.47. The van der Waals surface area contributed by atoms with E-state index in [-0.39, 0.29) is 36.4 Å². The first-order valence-corrected chi connectivity index (χ1v) is 16.3. The van der Waals surface area contributed by atoms with Crippen LogP contribution in [0.15, 0.2) is 65.6 Å². The zero-order valence-electron chi connectivity index (χ0n) is 25.4. The summed E-state index contributed by atoms with van der Waals surface area (Å²) >= 11 is 0. The van der Waals surface area contributed by atoms with Gasteiger partial charge in [0.25, 0.3) is 0 Å². The number of carboxylic acid groups (broad SMARTS) is 1. The molecule has 0 aliphatic heterocycles. The molecule has 3 aromatic carbocycles. The molecule has 0 bridgehead atoms. The van der Waals surface area contributed by atoms with E-state index in [0.29, 0.717) is 34.6 Å². The predicted molar refractivity (Wildman–Crippen MR) is 167 cm³/mol. The first-order valence-electron chi connectivity index (χ1n) is 14.9. The number of sulfonamides is 1. The number of aliphatic carboxylic acids is 1. The molecule has 1 aliphatic carbocycles. The molecule has 1 atom stereocenters. The van der Waals surface area contributed by atoms with Gasteiger partial charge in [0.15, 0.2) is 0 Å². The number of β-amino-alcohol motifs (C(OH)–C–C–N with tert-alkyl or cyclic N) is 1. The number of aliphatic hydroxyl groups is 1. The summed E-state index contributed by atoms with van der Waals surface area (Å²) in [4.78, 5) is 11.2. The van der Waals surface area contributed by atoms with Crippen LogP contribution in [0.1, 0.15) is 55.9 Å². The average molecular weight is 611 g/mol. The van der Waals surface area contributed by atoms with Gasteiger partial charge in [0.2, 0.25) is 10.0 Å². The molecule has 0 heterocycles. The summed E-state index contributed by atoms with van der Waals surface area (Å²) < 4.78 is 42.5. The molecule has 1 aliphatic rings. The molecule has 232 valence electrons. The summed E-state index contributed by atoms with van der Waals surface area (Å²) in [6.45, 7) is 6.26. The van der Waals surface area contributed by atoms with Crippen LogP contribution < -0.4 is 5.32 Å². The maximum Gasteiger partial charge on any atom is 0.303 e. The SMILES string of the molecule is CCc1cc(-c2cc(F)ccc2CCC(=O)O)ccc1S(=O)(=O)N(C)C[C@H](O)CNC(C)(C)CC1Cc2ccccc2C1. The standard InChI is InChI=1S/C34H43FN2O5S/c1-5-24-18-28(31-19-29(35)13-10-25(31)12-15-33(39)40)11-14-32(24)43(41,42)37(4)22-30(38)21-36-34(2,3)20-23-16-26-8-6-7-9-27(26)17-23/h6-11,13-14,18-19,23,30,36,38H,5,12,15-17,20-22H2,1-4H3,(H,39,40)/t30-/m1/s1. The largest absolute Gasteiger partial charge is 0.481 e. The van der Waals surface area contributed by atoms with Gasteiger partial charge in [-0.05, 0) is 110 Å². The van der Waals surface area contributed by atoms with Crippen molar-refractivity contribution in [3.05, 3.63) is 88.7 Å². The van der Waals surface area contributed by atoms with E-state index in [1.807, 2.05) is 6.92 Å². The van der Waals surface area contributed by atoms with Gasteiger partial charge in [-0.1, -0.05) is 43.3 Å². The molecular formula is C34H43FN2O5S. The Labute approximate surface area is 254 Å². The normalized spacial score (nSPS) is 14.7. The lowest BCUT2D eigenvalue weighted by Gasteiger charge is -2.31. The topological polar surface area (TPSA) is 107 Å². The Morgan fingerprint density at radius 2 is 1.74 bits per heavy atom. The number of benzene rings is 3. The number of hydrogen-bond acceptors (Lipinski definition) is 5. The molecule has 0 unspecified atom stereocenters. The molecule has 0 aromatic heterocycles. The fraction of sp³-hybridized carbons (Fsp3) is 0.441. The number of carbonyl (C=O) groups is 1. The van der Waals surface area contributed by atoms with Crippen molar-refractivity contribution in [1.82, 2.24) is 9.62 Å². The van der Waals surface area contributed by atoms with Crippen molar-refractivity contribution in [1.29, 1.82) is 0 Å². The third-order valence-corrected chi connectivity index (χ3v) is 10.3. The number of carboxylic acids is 1. The van der Waals surface area contributed by atoms with E-state index in [9.17, 15) is 22.7 Å². The van der Waals surface area contributed by atoms with Crippen LogP contribution in [0, 0.1) is 11.7 Å². The predicted octanol–water partition coefficient (Wildman–Crippen LogP) is 5.23. The molecule has 4 rings (SSSR count). The van der Waals surface area contributed by atoms with Crippen LogP contribution in [0.4, 0.5) is 4.39 Å². The number of nitrogens with one attached hydrogen (secondary N) is 1. The van der Waals surface area contributed by atoms with Gasteiger partial charge in [0.1, 0.15) is 5.82 Å². The number of hydrogen-bond donors (Lipinski definition) is 3. The van der Waals surface area contributed by atoms with Crippen LogP contribution in [-0.2, 0) is 40.5 Å². The first-order chi connectivity index (χ1) is 20.3. The number of nitrogens with zero attached hydrogens (tertiary/aromatic N) is 1. The van der Waals surface area contributed by atoms with Crippen LogP contribution in [0.5, 0.6) is 0 Å². The van der Waals surface area contributed by atoms with Gasteiger partial charge < -0.3 is 15.5 Å². The molecule has 0 saturated heterocycles. The summed E-state index contributed by atoms with van der Waals surface area (Å²) in [5.41, 5.74) is 4.98. The maximum atomic E-state index is 14.2. The van der Waals surface area contributed by atoms with Gasteiger partial charge in [-0.25, -0.2) is 12.8 Å². The smallest absolute Gasteiger partial charge is 0.303 e. The maximum absolute atomic E-state index is 14.2. The molecule has 0 saturated carbocycles. The molecule has 9 heteroatoms. The number of halogens is 1. The Bertz CT molecular complexity index is 1530. The van der Waals surface area contributed by atoms with Crippen LogP contribution in [0.3, 0.4) is 0 Å². The fourth-order valence-corrected chi connectivity index (χ4v) is 7.64. The zero-order valence-corrected chi connectivity index (χ0v) is 26.3. The van der Waals surface area contributed by atoms with Crippen molar-refractivity contribution in [2.24, 2.45) is 5.92 Å². The molecule has 0 spiro atoms.